The molecule has 1 aliphatic rings. The number of nitrogens with zero attached hydrogens (tertiary/aromatic N) is 4. The molecule has 0 spiro atoms. The van der Waals surface area contributed by atoms with E-state index in [9.17, 15) is 4.79 Å². The molecular formula is C9H14N4O2. The van der Waals surface area contributed by atoms with Crippen LogP contribution in [0.25, 0.3) is 0 Å². The molecule has 0 amide bonds. The fraction of sp³-hybridized carbons (Fsp3) is 0.778. The summed E-state index contributed by atoms with van der Waals surface area (Å²) in [4.78, 5) is 10.9. The molecule has 82 valence electrons. The molecule has 6 heteroatoms. The summed E-state index contributed by atoms with van der Waals surface area (Å²) in [5, 5.41) is 19.8. The lowest BCUT2D eigenvalue weighted by Crippen LogP contribution is -2.04. The van der Waals surface area contributed by atoms with Crippen molar-refractivity contribution in [3.05, 3.63) is 6.33 Å². The number of aryl methyl sites for hydroxylation is 1. The average Bonchev–Trinajstić information content (AvgIpc) is 2.55. The molecule has 1 heterocycles. The molecule has 1 fully saturated rings. The van der Waals surface area contributed by atoms with Crippen molar-refractivity contribution in [3.63, 3.8) is 0 Å². The zero-order valence-corrected chi connectivity index (χ0v) is 8.79. The van der Waals surface area contributed by atoms with Gasteiger partial charge >= 0.3 is 5.97 Å². The second-order valence-corrected chi connectivity index (χ2v) is 4.61. The van der Waals surface area contributed by atoms with Gasteiger partial charge in [0.05, 0.1) is 5.92 Å². The maximum Gasteiger partial charge on any atom is 0.307 e. The van der Waals surface area contributed by atoms with Crippen molar-refractivity contribution in [2.24, 2.45) is 17.3 Å². The van der Waals surface area contributed by atoms with Gasteiger partial charge in [-0.25, -0.2) is 4.68 Å². The lowest BCUT2D eigenvalue weighted by Gasteiger charge is -2.01. The van der Waals surface area contributed by atoms with Crippen LogP contribution in [-0.4, -0.2) is 31.3 Å². The molecule has 1 N–H and O–H groups in total. The van der Waals surface area contributed by atoms with Gasteiger partial charge in [-0.3, -0.25) is 4.79 Å². The van der Waals surface area contributed by atoms with Crippen LogP contribution in [0.5, 0.6) is 0 Å². The van der Waals surface area contributed by atoms with Crippen LogP contribution in [0.3, 0.4) is 0 Å². The zero-order valence-electron chi connectivity index (χ0n) is 8.79. The van der Waals surface area contributed by atoms with E-state index in [1.807, 2.05) is 13.8 Å². The topological polar surface area (TPSA) is 80.9 Å². The van der Waals surface area contributed by atoms with Gasteiger partial charge in [-0.2, -0.15) is 0 Å². The molecule has 1 aromatic rings. The van der Waals surface area contributed by atoms with Gasteiger partial charge in [0.2, 0.25) is 0 Å². The highest BCUT2D eigenvalue weighted by Crippen LogP contribution is 2.60. The molecule has 0 radical (unpaired) electrons. The molecule has 0 bridgehead atoms. The Kier molecular flexibility index (Phi) is 2.21. The zero-order chi connectivity index (χ0) is 11.1. The summed E-state index contributed by atoms with van der Waals surface area (Å²) < 4.78 is 1.63. The van der Waals surface area contributed by atoms with Crippen LogP contribution in [0.2, 0.25) is 0 Å². The Morgan fingerprint density at radius 1 is 1.60 bits per heavy atom. The van der Waals surface area contributed by atoms with Crippen LogP contribution in [-0.2, 0) is 11.3 Å². The van der Waals surface area contributed by atoms with Gasteiger partial charge in [-0.1, -0.05) is 13.8 Å². The Labute approximate surface area is 87.3 Å². The first-order chi connectivity index (χ1) is 7.03. The van der Waals surface area contributed by atoms with Crippen molar-refractivity contribution >= 4 is 5.97 Å². The molecule has 0 aliphatic heterocycles. The minimum Gasteiger partial charge on any atom is -0.481 e. The molecule has 0 saturated heterocycles. The number of carboxylic acids is 1. The van der Waals surface area contributed by atoms with E-state index >= 15 is 0 Å². The van der Waals surface area contributed by atoms with Crippen LogP contribution in [0, 0.1) is 17.3 Å². The Morgan fingerprint density at radius 3 is 2.80 bits per heavy atom. The Bertz CT molecular complexity index is 360. The van der Waals surface area contributed by atoms with E-state index in [1.54, 1.807) is 11.0 Å². The highest BCUT2D eigenvalue weighted by molar-refractivity contribution is 5.75. The third-order valence-electron chi connectivity index (χ3n) is 3.38. The third-order valence-corrected chi connectivity index (χ3v) is 3.38. The molecule has 1 saturated carbocycles. The molecule has 0 aromatic carbocycles. The molecule has 15 heavy (non-hydrogen) atoms. The van der Waals surface area contributed by atoms with Crippen LogP contribution >= 0.6 is 0 Å². The van der Waals surface area contributed by atoms with Gasteiger partial charge in [-0.15, -0.1) is 5.10 Å². The van der Waals surface area contributed by atoms with E-state index < -0.39 is 5.97 Å². The Hall–Kier alpha value is -1.46. The minimum atomic E-state index is -0.693. The first-order valence-electron chi connectivity index (χ1n) is 4.97. The Balaban J connectivity index is 1.90. The molecule has 1 aliphatic carbocycles. The number of carboxylic acid groups (broad SMARTS) is 1. The summed E-state index contributed by atoms with van der Waals surface area (Å²) in [6.07, 6.45) is 2.36. The summed E-state index contributed by atoms with van der Waals surface area (Å²) >= 11 is 0. The lowest BCUT2D eigenvalue weighted by atomic mass is 10.1. The van der Waals surface area contributed by atoms with Crippen LogP contribution < -0.4 is 0 Å². The maximum atomic E-state index is 10.9. The number of carbonyl (C=O) groups is 1. The lowest BCUT2D eigenvalue weighted by molar-refractivity contribution is -0.139. The summed E-state index contributed by atoms with van der Waals surface area (Å²) in [6, 6.07) is 0. The van der Waals surface area contributed by atoms with Gasteiger partial charge in [0, 0.05) is 6.54 Å². The molecular weight excluding hydrogens is 196 g/mol. The first kappa shape index (κ1) is 10.1. The number of hydrogen-bond donors (Lipinski definition) is 1. The number of rotatable bonds is 4. The van der Waals surface area contributed by atoms with E-state index in [0.29, 0.717) is 6.54 Å². The second-order valence-electron chi connectivity index (χ2n) is 4.61. The fourth-order valence-electron chi connectivity index (χ4n) is 2.33. The number of aromatic nitrogens is 4. The van der Waals surface area contributed by atoms with Crippen LogP contribution in [0.1, 0.15) is 20.3 Å². The number of hydrogen-bond acceptors (Lipinski definition) is 4. The SMILES string of the molecule is CC1(C)C(CCn2cnnn2)C1C(=O)O. The summed E-state index contributed by atoms with van der Waals surface area (Å²) in [6.45, 7) is 4.68. The summed E-state index contributed by atoms with van der Waals surface area (Å²) in [5.74, 6) is -0.671. The highest BCUT2D eigenvalue weighted by atomic mass is 16.4. The molecule has 1 aromatic heterocycles. The standard InChI is InChI=1S/C9H14N4O2/c1-9(2)6(7(9)8(14)15)3-4-13-5-10-11-12-13/h5-7H,3-4H2,1-2H3,(H,14,15). The minimum absolute atomic E-state index is 0.0835. The third kappa shape index (κ3) is 1.71. The average molecular weight is 210 g/mol. The van der Waals surface area contributed by atoms with Crippen molar-refractivity contribution in [1.82, 2.24) is 20.2 Å². The Morgan fingerprint density at radius 2 is 2.33 bits per heavy atom. The van der Waals surface area contributed by atoms with E-state index in [-0.39, 0.29) is 17.3 Å². The quantitative estimate of drug-likeness (QED) is 0.778. The highest BCUT2D eigenvalue weighted by Gasteiger charge is 2.61. The van der Waals surface area contributed by atoms with Crippen molar-refractivity contribution in [3.8, 4) is 0 Å². The van der Waals surface area contributed by atoms with Crippen molar-refractivity contribution < 1.29 is 9.90 Å². The van der Waals surface area contributed by atoms with Gasteiger partial charge < -0.3 is 5.11 Å². The molecule has 2 atom stereocenters. The predicted molar refractivity (Wildman–Crippen MR) is 50.8 cm³/mol. The van der Waals surface area contributed by atoms with Gasteiger partial charge in [-0.05, 0) is 28.2 Å². The van der Waals surface area contributed by atoms with Crippen molar-refractivity contribution in [1.29, 1.82) is 0 Å². The van der Waals surface area contributed by atoms with E-state index in [0.717, 1.165) is 6.42 Å². The maximum absolute atomic E-state index is 10.9. The molecule has 2 rings (SSSR count). The predicted octanol–water partition coefficient (Wildman–Crippen LogP) is 0.420. The van der Waals surface area contributed by atoms with E-state index in [4.69, 9.17) is 5.11 Å². The second kappa shape index (κ2) is 3.29. The van der Waals surface area contributed by atoms with Crippen molar-refractivity contribution in [2.75, 3.05) is 0 Å². The summed E-state index contributed by atoms with van der Waals surface area (Å²) in [7, 11) is 0. The molecule has 2 unspecified atom stereocenters. The normalized spacial score (nSPS) is 27.6. The van der Waals surface area contributed by atoms with Gasteiger partial charge in [0.15, 0.2) is 0 Å². The fourth-order valence-corrected chi connectivity index (χ4v) is 2.33. The van der Waals surface area contributed by atoms with Crippen LogP contribution in [0.15, 0.2) is 6.33 Å². The van der Waals surface area contributed by atoms with E-state index in [1.165, 1.54) is 0 Å². The van der Waals surface area contributed by atoms with Crippen molar-refractivity contribution in [2.45, 2.75) is 26.8 Å². The van der Waals surface area contributed by atoms with Gasteiger partial charge in [0.25, 0.3) is 0 Å². The smallest absolute Gasteiger partial charge is 0.307 e. The summed E-state index contributed by atoms with van der Waals surface area (Å²) in [5.41, 5.74) is -0.0835. The monoisotopic (exact) mass is 210 g/mol. The molecule has 6 nitrogen and oxygen atoms in total. The van der Waals surface area contributed by atoms with E-state index in [2.05, 4.69) is 15.5 Å². The van der Waals surface area contributed by atoms with Crippen LogP contribution in [0.4, 0.5) is 0 Å². The number of aliphatic carboxylic acids is 1. The van der Waals surface area contributed by atoms with Gasteiger partial charge in [0.1, 0.15) is 6.33 Å². The first-order valence-corrected chi connectivity index (χ1v) is 4.97. The number of tetrazole rings is 1. The largest absolute Gasteiger partial charge is 0.481 e.